The average molecular weight is 245 g/mol. The Balaban J connectivity index is 2.63. The van der Waals surface area contributed by atoms with Crippen molar-refractivity contribution in [1.82, 2.24) is 4.90 Å². The molecule has 17 heavy (non-hydrogen) atoms. The summed E-state index contributed by atoms with van der Waals surface area (Å²) in [4.78, 5) is 2.26. The van der Waals surface area contributed by atoms with Gasteiger partial charge >= 0.3 is 0 Å². The maximum absolute atomic E-state index is 9.63. The van der Waals surface area contributed by atoms with Crippen LogP contribution in [0.25, 0.3) is 0 Å². The summed E-state index contributed by atoms with van der Waals surface area (Å²) in [6.45, 7) is 6.69. The van der Waals surface area contributed by atoms with Gasteiger partial charge in [0.1, 0.15) is 0 Å². The molecule has 0 radical (unpaired) electrons. The molecule has 102 valence electrons. The zero-order chi connectivity index (χ0) is 13.1. The van der Waals surface area contributed by atoms with E-state index in [1.54, 1.807) is 0 Å². The Morgan fingerprint density at radius 1 is 1.18 bits per heavy atom. The Kier molecular flexibility index (Phi) is 5.38. The molecule has 0 bridgehead atoms. The van der Waals surface area contributed by atoms with E-state index in [2.05, 4.69) is 25.7 Å². The minimum absolute atomic E-state index is 0.0247. The van der Waals surface area contributed by atoms with Crippen LogP contribution in [0.2, 0.25) is 0 Å². The predicted octanol–water partition coefficient (Wildman–Crippen LogP) is 0.744. The third kappa shape index (κ3) is 4.54. The van der Waals surface area contributed by atoms with Crippen LogP contribution in [0.4, 0.5) is 0 Å². The first-order chi connectivity index (χ1) is 7.84. The summed E-state index contributed by atoms with van der Waals surface area (Å²) in [5.74, 6) is 0. The van der Waals surface area contributed by atoms with E-state index in [0.29, 0.717) is 12.6 Å². The highest BCUT2D eigenvalue weighted by molar-refractivity contribution is 4.87. The number of hydrogen-bond acceptors (Lipinski definition) is 4. The van der Waals surface area contributed by atoms with Crippen molar-refractivity contribution in [2.75, 3.05) is 13.2 Å². The van der Waals surface area contributed by atoms with Gasteiger partial charge in [-0.15, -0.1) is 0 Å². The van der Waals surface area contributed by atoms with E-state index in [4.69, 9.17) is 5.11 Å². The molecule has 0 spiro atoms. The summed E-state index contributed by atoms with van der Waals surface area (Å²) in [5.41, 5.74) is -0.0247. The van der Waals surface area contributed by atoms with Crippen LogP contribution in [0.15, 0.2) is 0 Å². The summed E-state index contributed by atoms with van der Waals surface area (Å²) < 4.78 is 0. The molecule has 1 rings (SSSR count). The number of rotatable bonds is 4. The molecule has 0 heterocycles. The van der Waals surface area contributed by atoms with Gasteiger partial charge in [0.25, 0.3) is 0 Å². The molecule has 3 N–H and O–H groups in total. The Bertz CT molecular complexity index is 219. The SMILES string of the molecule is CC(C)(C)N(CC(O)CO)[C@H]1CC[C@H](O)CC1. The van der Waals surface area contributed by atoms with E-state index in [1.165, 1.54) is 0 Å². The molecule has 1 fully saturated rings. The quantitative estimate of drug-likeness (QED) is 0.684. The van der Waals surface area contributed by atoms with Crippen molar-refractivity contribution < 1.29 is 15.3 Å². The summed E-state index contributed by atoms with van der Waals surface area (Å²) in [5, 5.41) is 28.1. The first-order valence-corrected chi connectivity index (χ1v) is 6.58. The highest BCUT2D eigenvalue weighted by Crippen LogP contribution is 2.28. The van der Waals surface area contributed by atoms with Crippen LogP contribution in [0, 0.1) is 0 Å². The number of nitrogens with zero attached hydrogens (tertiary/aromatic N) is 1. The van der Waals surface area contributed by atoms with E-state index in [9.17, 15) is 10.2 Å². The third-order valence-corrected chi connectivity index (χ3v) is 3.59. The lowest BCUT2D eigenvalue weighted by Gasteiger charge is -2.44. The van der Waals surface area contributed by atoms with Crippen LogP contribution in [0.5, 0.6) is 0 Å². The van der Waals surface area contributed by atoms with Gasteiger partial charge < -0.3 is 15.3 Å². The van der Waals surface area contributed by atoms with Crippen LogP contribution in [0.3, 0.4) is 0 Å². The highest BCUT2D eigenvalue weighted by Gasteiger charge is 2.32. The number of β-amino-alcohol motifs (C(OH)–C–C–N with tert-alkyl or cyclic N) is 1. The van der Waals surface area contributed by atoms with E-state index >= 15 is 0 Å². The van der Waals surface area contributed by atoms with Crippen LogP contribution >= 0.6 is 0 Å². The topological polar surface area (TPSA) is 63.9 Å². The molecule has 1 saturated carbocycles. The van der Waals surface area contributed by atoms with Crippen LogP contribution in [-0.2, 0) is 0 Å². The van der Waals surface area contributed by atoms with Gasteiger partial charge in [0.2, 0.25) is 0 Å². The largest absolute Gasteiger partial charge is 0.394 e. The summed E-state index contributed by atoms with van der Waals surface area (Å²) in [6, 6.07) is 0.402. The third-order valence-electron chi connectivity index (χ3n) is 3.59. The lowest BCUT2D eigenvalue weighted by atomic mass is 9.89. The van der Waals surface area contributed by atoms with Crippen LogP contribution < -0.4 is 0 Å². The zero-order valence-electron chi connectivity index (χ0n) is 11.3. The van der Waals surface area contributed by atoms with Crippen molar-refractivity contribution in [3.05, 3.63) is 0 Å². The average Bonchev–Trinajstić information content (AvgIpc) is 2.25. The van der Waals surface area contributed by atoms with E-state index in [-0.39, 0.29) is 18.2 Å². The molecule has 1 aliphatic carbocycles. The van der Waals surface area contributed by atoms with Crippen molar-refractivity contribution in [2.45, 2.75) is 70.2 Å². The van der Waals surface area contributed by atoms with Gasteiger partial charge in [-0.1, -0.05) is 0 Å². The van der Waals surface area contributed by atoms with Crippen molar-refractivity contribution in [3.8, 4) is 0 Å². The van der Waals surface area contributed by atoms with E-state index < -0.39 is 6.10 Å². The molecule has 0 aliphatic heterocycles. The molecule has 0 aromatic rings. The van der Waals surface area contributed by atoms with Gasteiger partial charge in [0, 0.05) is 18.1 Å². The minimum atomic E-state index is -0.680. The first-order valence-electron chi connectivity index (χ1n) is 6.58. The van der Waals surface area contributed by atoms with Gasteiger partial charge in [-0.3, -0.25) is 4.90 Å². The summed E-state index contributed by atoms with van der Waals surface area (Å²) >= 11 is 0. The second-order valence-electron chi connectivity index (χ2n) is 6.12. The molecule has 1 aliphatic rings. The maximum atomic E-state index is 9.63. The molecule has 1 unspecified atom stereocenters. The van der Waals surface area contributed by atoms with Crippen molar-refractivity contribution >= 4 is 0 Å². The van der Waals surface area contributed by atoms with Crippen LogP contribution in [0.1, 0.15) is 46.5 Å². The summed E-state index contributed by atoms with van der Waals surface area (Å²) in [6.07, 6.45) is 2.78. The Morgan fingerprint density at radius 3 is 2.12 bits per heavy atom. The standard InChI is InChI=1S/C13H27NO3/c1-13(2,3)14(8-12(17)9-15)10-4-6-11(16)7-5-10/h10-12,15-17H,4-9H2,1-3H3/t10-,11-,12?. The van der Waals surface area contributed by atoms with Gasteiger partial charge in [0.05, 0.1) is 18.8 Å². The molecule has 0 saturated heterocycles. The maximum Gasteiger partial charge on any atom is 0.0897 e. The Labute approximate surface area is 104 Å². The number of aliphatic hydroxyl groups excluding tert-OH is 3. The molecule has 0 amide bonds. The van der Waals surface area contributed by atoms with Gasteiger partial charge in [-0.2, -0.15) is 0 Å². The molecular weight excluding hydrogens is 218 g/mol. The van der Waals surface area contributed by atoms with Gasteiger partial charge in [0.15, 0.2) is 0 Å². The van der Waals surface area contributed by atoms with Crippen molar-refractivity contribution in [2.24, 2.45) is 0 Å². The van der Waals surface area contributed by atoms with Gasteiger partial charge in [-0.05, 0) is 46.5 Å². The minimum Gasteiger partial charge on any atom is -0.394 e. The van der Waals surface area contributed by atoms with E-state index in [1.807, 2.05) is 0 Å². The second-order valence-corrected chi connectivity index (χ2v) is 6.12. The fourth-order valence-corrected chi connectivity index (χ4v) is 2.63. The molecule has 4 nitrogen and oxygen atoms in total. The Hall–Kier alpha value is -0.160. The fraction of sp³-hybridized carbons (Fsp3) is 1.00. The molecular formula is C13H27NO3. The molecule has 0 aromatic carbocycles. The number of aliphatic hydroxyl groups is 3. The monoisotopic (exact) mass is 245 g/mol. The lowest BCUT2D eigenvalue weighted by molar-refractivity contribution is -0.0183. The highest BCUT2D eigenvalue weighted by atomic mass is 16.3. The molecule has 0 aromatic heterocycles. The number of hydrogen-bond donors (Lipinski definition) is 3. The smallest absolute Gasteiger partial charge is 0.0897 e. The van der Waals surface area contributed by atoms with E-state index in [0.717, 1.165) is 25.7 Å². The fourth-order valence-electron chi connectivity index (χ4n) is 2.63. The van der Waals surface area contributed by atoms with Crippen molar-refractivity contribution in [1.29, 1.82) is 0 Å². The zero-order valence-corrected chi connectivity index (χ0v) is 11.3. The lowest BCUT2D eigenvalue weighted by Crippen LogP contribution is -2.53. The van der Waals surface area contributed by atoms with Crippen LogP contribution in [-0.4, -0.2) is 57.2 Å². The first kappa shape index (κ1) is 14.9. The normalized spacial score (nSPS) is 28.4. The molecule has 4 heteroatoms. The predicted molar refractivity (Wildman–Crippen MR) is 67.8 cm³/mol. The second kappa shape index (κ2) is 6.14. The Morgan fingerprint density at radius 2 is 1.71 bits per heavy atom. The summed E-state index contributed by atoms with van der Waals surface area (Å²) in [7, 11) is 0. The molecule has 1 atom stereocenters. The van der Waals surface area contributed by atoms with Crippen molar-refractivity contribution in [3.63, 3.8) is 0 Å². The van der Waals surface area contributed by atoms with Gasteiger partial charge in [-0.25, -0.2) is 0 Å².